The van der Waals surface area contributed by atoms with E-state index >= 15 is 0 Å². The zero-order valence-electron chi connectivity index (χ0n) is 9.91. The van der Waals surface area contributed by atoms with Crippen LogP contribution in [0, 0.1) is 12.7 Å². The van der Waals surface area contributed by atoms with Crippen LogP contribution in [-0.2, 0) is 0 Å². The Morgan fingerprint density at radius 3 is 2.61 bits per heavy atom. The number of nitrogen functional groups attached to an aromatic ring is 1. The molecular formula is C14H13FN2O. The van der Waals surface area contributed by atoms with Gasteiger partial charge in [0.25, 0.3) is 5.91 Å². The number of carbonyl (C=O) groups excluding carboxylic acids is 1. The number of nitrogens with one attached hydrogen (secondary N) is 1. The molecule has 0 saturated heterocycles. The fraction of sp³-hybridized carbons (Fsp3) is 0.0714. The second-order valence-electron chi connectivity index (χ2n) is 4.01. The third kappa shape index (κ3) is 2.48. The highest BCUT2D eigenvalue weighted by molar-refractivity contribution is 6.05. The Labute approximate surface area is 104 Å². The van der Waals surface area contributed by atoms with E-state index in [-0.39, 0.29) is 11.6 Å². The lowest BCUT2D eigenvalue weighted by atomic mass is 10.1. The van der Waals surface area contributed by atoms with Gasteiger partial charge >= 0.3 is 0 Å². The second-order valence-corrected chi connectivity index (χ2v) is 4.01. The minimum Gasteiger partial charge on any atom is -0.396 e. The van der Waals surface area contributed by atoms with Crippen LogP contribution in [0.5, 0.6) is 0 Å². The summed E-state index contributed by atoms with van der Waals surface area (Å²) in [6.45, 7) is 1.86. The normalized spacial score (nSPS) is 10.1. The van der Waals surface area contributed by atoms with E-state index in [0.717, 1.165) is 5.56 Å². The summed E-state index contributed by atoms with van der Waals surface area (Å²) >= 11 is 0. The SMILES string of the molecule is Cc1ccccc1C(=O)Nc1ccc(F)c(N)c1. The maximum Gasteiger partial charge on any atom is 0.255 e. The first-order valence-electron chi connectivity index (χ1n) is 5.50. The van der Waals surface area contributed by atoms with Gasteiger partial charge < -0.3 is 11.1 Å². The number of carbonyl (C=O) groups is 1. The van der Waals surface area contributed by atoms with Crippen molar-refractivity contribution >= 4 is 17.3 Å². The third-order valence-electron chi connectivity index (χ3n) is 2.64. The smallest absolute Gasteiger partial charge is 0.255 e. The molecule has 92 valence electrons. The van der Waals surface area contributed by atoms with Crippen LogP contribution in [0.2, 0.25) is 0 Å². The topological polar surface area (TPSA) is 55.1 Å². The average Bonchev–Trinajstić information content (AvgIpc) is 2.34. The van der Waals surface area contributed by atoms with Crippen molar-refractivity contribution in [2.24, 2.45) is 0 Å². The van der Waals surface area contributed by atoms with Gasteiger partial charge in [-0.05, 0) is 36.8 Å². The van der Waals surface area contributed by atoms with Crippen molar-refractivity contribution in [3.8, 4) is 0 Å². The number of aryl methyl sites for hydroxylation is 1. The van der Waals surface area contributed by atoms with Crippen molar-refractivity contribution in [1.29, 1.82) is 0 Å². The lowest BCUT2D eigenvalue weighted by molar-refractivity contribution is 0.102. The number of nitrogens with two attached hydrogens (primary N) is 1. The van der Waals surface area contributed by atoms with Crippen molar-refractivity contribution < 1.29 is 9.18 Å². The Morgan fingerprint density at radius 2 is 1.94 bits per heavy atom. The van der Waals surface area contributed by atoms with Gasteiger partial charge in [-0.2, -0.15) is 0 Å². The molecule has 3 N–H and O–H groups in total. The average molecular weight is 244 g/mol. The molecule has 0 aliphatic rings. The standard InChI is InChI=1S/C14H13FN2O/c1-9-4-2-3-5-11(9)14(18)17-10-6-7-12(15)13(16)8-10/h2-8H,16H2,1H3,(H,17,18). The van der Waals surface area contributed by atoms with Gasteiger partial charge in [-0.15, -0.1) is 0 Å². The van der Waals surface area contributed by atoms with Crippen LogP contribution in [0.15, 0.2) is 42.5 Å². The summed E-state index contributed by atoms with van der Waals surface area (Å²) in [7, 11) is 0. The highest BCUT2D eigenvalue weighted by atomic mass is 19.1. The Bertz CT molecular complexity index is 596. The molecule has 0 unspecified atom stereocenters. The van der Waals surface area contributed by atoms with Crippen LogP contribution in [0.25, 0.3) is 0 Å². The Morgan fingerprint density at radius 1 is 1.22 bits per heavy atom. The van der Waals surface area contributed by atoms with Gasteiger partial charge in [0, 0.05) is 11.3 Å². The van der Waals surface area contributed by atoms with E-state index in [4.69, 9.17) is 5.73 Å². The summed E-state index contributed by atoms with van der Waals surface area (Å²) in [5, 5.41) is 2.68. The van der Waals surface area contributed by atoms with Gasteiger partial charge in [-0.3, -0.25) is 4.79 Å². The first-order valence-corrected chi connectivity index (χ1v) is 5.50. The molecule has 2 aromatic carbocycles. The Balaban J connectivity index is 2.22. The molecule has 1 amide bonds. The van der Waals surface area contributed by atoms with Crippen molar-refractivity contribution in [3.63, 3.8) is 0 Å². The molecule has 2 rings (SSSR count). The van der Waals surface area contributed by atoms with Gasteiger partial charge in [-0.25, -0.2) is 4.39 Å². The van der Waals surface area contributed by atoms with E-state index in [1.54, 1.807) is 12.1 Å². The first kappa shape index (κ1) is 12.1. The fourth-order valence-corrected chi connectivity index (χ4v) is 1.65. The lowest BCUT2D eigenvalue weighted by Crippen LogP contribution is -2.13. The molecule has 18 heavy (non-hydrogen) atoms. The number of amides is 1. The van der Waals surface area contributed by atoms with E-state index in [9.17, 15) is 9.18 Å². The highest BCUT2D eigenvalue weighted by Crippen LogP contribution is 2.17. The predicted octanol–water partition coefficient (Wildman–Crippen LogP) is 2.97. The maximum atomic E-state index is 13.0. The minimum absolute atomic E-state index is 0.0117. The van der Waals surface area contributed by atoms with Gasteiger partial charge in [0.05, 0.1) is 5.69 Å². The monoisotopic (exact) mass is 244 g/mol. The molecule has 0 saturated carbocycles. The van der Waals surface area contributed by atoms with Gasteiger partial charge in [0.1, 0.15) is 5.82 Å². The van der Waals surface area contributed by atoms with Crippen LogP contribution in [0.1, 0.15) is 15.9 Å². The molecule has 0 fully saturated rings. The Kier molecular flexibility index (Phi) is 3.28. The third-order valence-corrected chi connectivity index (χ3v) is 2.64. The number of hydrogen-bond acceptors (Lipinski definition) is 2. The first-order chi connectivity index (χ1) is 8.58. The zero-order chi connectivity index (χ0) is 13.1. The van der Waals surface area contributed by atoms with Crippen LogP contribution in [-0.4, -0.2) is 5.91 Å². The lowest BCUT2D eigenvalue weighted by Gasteiger charge is -2.08. The van der Waals surface area contributed by atoms with E-state index in [0.29, 0.717) is 11.3 Å². The van der Waals surface area contributed by atoms with Crippen molar-refractivity contribution in [1.82, 2.24) is 0 Å². The summed E-state index contributed by atoms with van der Waals surface area (Å²) in [6, 6.07) is 11.3. The van der Waals surface area contributed by atoms with Crippen LogP contribution in [0.3, 0.4) is 0 Å². The molecule has 4 heteroatoms. The quantitative estimate of drug-likeness (QED) is 0.798. The molecule has 0 bridgehead atoms. The van der Waals surface area contributed by atoms with Gasteiger partial charge in [0.15, 0.2) is 0 Å². The summed E-state index contributed by atoms with van der Waals surface area (Å²) in [6.07, 6.45) is 0. The molecular weight excluding hydrogens is 231 g/mol. The number of halogens is 1. The second kappa shape index (κ2) is 4.87. The van der Waals surface area contributed by atoms with E-state index in [1.165, 1.54) is 18.2 Å². The molecule has 2 aromatic rings. The van der Waals surface area contributed by atoms with Crippen LogP contribution in [0.4, 0.5) is 15.8 Å². The minimum atomic E-state index is -0.496. The molecule has 0 spiro atoms. The number of rotatable bonds is 2. The molecule has 3 nitrogen and oxygen atoms in total. The number of anilines is 2. The van der Waals surface area contributed by atoms with E-state index in [2.05, 4.69) is 5.32 Å². The summed E-state index contributed by atoms with van der Waals surface area (Å²) < 4.78 is 13.0. The summed E-state index contributed by atoms with van der Waals surface area (Å²) in [4.78, 5) is 12.0. The number of benzene rings is 2. The summed E-state index contributed by atoms with van der Waals surface area (Å²) in [5.41, 5.74) is 7.39. The molecule has 0 aliphatic heterocycles. The highest BCUT2D eigenvalue weighted by Gasteiger charge is 2.09. The van der Waals surface area contributed by atoms with Gasteiger partial charge in [-0.1, -0.05) is 18.2 Å². The molecule has 0 heterocycles. The Hall–Kier alpha value is -2.36. The van der Waals surface area contributed by atoms with Crippen LogP contribution < -0.4 is 11.1 Å². The van der Waals surface area contributed by atoms with Crippen molar-refractivity contribution in [2.45, 2.75) is 6.92 Å². The molecule has 0 aliphatic carbocycles. The van der Waals surface area contributed by atoms with E-state index < -0.39 is 5.82 Å². The zero-order valence-corrected chi connectivity index (χ0v) is 9.91. The fourth-order valence-electron chi connectivity index (χ4n) is 1.65. The predicted molar refractivity (Wildman–Crippen MR) is 69.9 cm³/mol. The molecule has 0 aromatic heterocycles. The maximum absolute atomic E-state index is 13.0. The number of hydrogen-bond donors (Lipinski definition) is 2. The van der Waals surface area contributed by atoms with Crippen molar-refractivity contribution in [3.05, 3.63) is 59.4 Å². The largest absolute Gasteiger partial charge is 0.396 e. The van der Waals surface area contributed by atoms with E-state index in [1.807, 2.05) is 19.1 Å². The summed E-state index contributed by atoms with van der Waals surface area (Å²) in [5.74, 6) is -0.733. The van der Waals surface area contributed by atoms with Crippen molar-refractivity contribution in [2.75, 3.05) is 11.1 Å². The molecule has 0 atom stereocenters. The molecule has 0 radical (unpaired) electrons. The van der Waals surface area contributed by atoms with Gasteiger partial charge in [0.2, 0.25) is 0 Å². The van der Waals surface area contributed by atoms with Crippen LogP contribution >= 0.6 is 0 Å².